The van der Waals surface area contributed by atoms with E-state index in [1.54, 1.807) is 36.1 Å². The van der Waals surface area contributed by atoms with Crippen molar-refractivity contribution in [2.24, 2.45) is 7.05 Å². The van der Waals surface area contributed by atoms with Crippen LogP contribution in [0.5, 0.6) is 0 Å². The van der Waals surface area contributed by atoms with Crippen molar-refractivity contribution < 1.29 is 0 Å². The molecular weight excluding hydrogens is 426 g/mol. The summed E-state index contributed by atoms with van der Waals surface area (Å²) in [7, 11) is 1.74. The number of benzene rings is 1. The van der Waals surface area contributed by atoms with Crippen LogP contribution >= 0.6 is 0 Å². The van der Waals surface area contributed by atoms with Gasteiger partial charge in [0.25, 0.3) is 11.4 Å². The molecular formula is C26H27N7O. The van der Waals surface area contributed by atoms with Gasteiger partial charge in [-0.15, -0.1) is 4.98 Å². The van der Waals surface area contributed by atoms with Gasteiger partial charge in [0, 0.05) is 56.7 Å². The zero-order chi connectivity index (χ0) is 24.0. The number of anilines is 1. The largest absolute Gasteiger partial charge is 0.362 e. The van der Waals surface area contributed by atoms with Crippen LogP contribution in [0, 0.1) is 6.57 Å². The van der Waals surface area contributed by atoms with Gasteiger partial charge in [-0.1, -0.05) is 12.6 Å². The molecule has 0 spiro atoms. The predicted molar refractivity (Wildman–Crippen MR) is 134 cm³/mol. The number of pyridine rings is 2. The number of aryl methyl sites for hydroxylation is 1. The Morgan fingerprint density at radius 3 is 2.56 bits per heavy atom. The zero-order valence-corrected chi connectivity index (χ0v) is 19.8. The number of piperazine rings is 1. The standard InChI is InChI=1S/C26H27N7O/c1-16-15-33(23-13-25(34)31(5)22-8-9-24(27-4)30-26(22)23)17(2)14-32(16)18(3)19-6-7-20-21(12-19)29-11-10-28-20/h6-13,16-18H,14-15H2,1-3,5H3/t16-,17+,18?/m1/s1. The number of hydrogen-bond acceptors (Lipinski definition) is 6. The Bertz CT molecular complexity index is 1490. The van der Waals surface area contributed by atoms with Gasteiger partial charge < -0.3 is 14.3 Å². The summed E-state index contributed by atoms with van der Waals surface area (Å²) < 4.78 is 1.59. The first-order valence-electron chi connectivity index (χ1n) is 11.5. The van der Waals surface area contributed by atoms with E-state index in [1.807, 2.05) is 12.1 Å². The van der Waals surface area contributed by atoms with Crippen molar-refractivity contribution in [1.29, 1.82) is 0 Å². The van der Waals surface area contributed by atoms with Crippen LogP contribution in [0.2, 0.25) is 0 Å². The van der Waals surface area contributed by atoms with Crippen molar-refractivity contribution in [3.05, 3.63) is 76.1 Å². The van der Waals surface area contributed by atoms with E-state index in [1.165, 1.54) is 5.56 Å². The summed E-state index contributed by atoms with van der Waals surface area (Å²) in [5.41, 5.74) is 5.17. The fourth-order valence-corrected chi connectivity index (χ4v) is 5.04. The number of rotatable bonds is 3. The highest BCUT2D eigenvalue weighted by Crippen LogP contribution is 2.33. The summed E-state index contributed by atoms with van der Waals surface area (Å²) in [6.07, 6.45) is 3.44. The molecule has 0 amide bonds. The molecule has 5 rings (SSSR count). The summed E-state index contributed by atoms with van der Waals surface area (Å²) in [5.74, 6) is 0.333. The van der Waals surface area contributed by atoms with Gasteiger partial charge in [-0.2, -0.15) is 0 Å². The average molecular weight is 454 g/mol. The molecule has 1 aromatic carbocycles. The Morgan fingerprint density at radius 2 is 1.79 bits per heavy atom. The Kier molecular flexibility index (Phi) is 5.50. The molecule has 0 N–H and O–H groups in total. The van der Waals surface area contributed by atoms with Crippen LogP contribution in [0.3, 0.4) is 0 Å². The molecule has 1 aliphatic heterocycles. The highest BCUT2D eigenvalue weighted by molar-refractivity contribution is 5.89. The molecule has 1 fully saturated rings. The van der Waals surface area contributed by atoms with Crippen LogP contribution in [0.25, 0.3) is 26.9 Å². The monoisotopic (exact) mass is 453 g/mol. The van der Waals surface area contributed by atoms with Gasteiger partial charge in [0.1, 0.15) is 0 Å². The van der Waals surface area contributed by atoms with Crippen LogP contribution in [0.1, 0.15) is 32.4 Å². The zero-order valence-electron chi connectivity index (χ0n) is 19.8. The fraction of sp³-hybridized carbons (Fsp3) is 0.346. The normalized spacial score (nSPS) is 19.9. The quantitative estimate of drug-likeness (QED) is 0.435. The van der Waals surface area contributed by atoms with Gasteiger partial charge in [-0.3, -0.25) is 19.7 Å². The Morgan fingerprint density at radius 1 is 1.03 bits per heavy atom. The third-order valence-electron chi connectivity index (χ3n) is 6.99. The van der Waals surface area contributed by atoms with Crippen molar-refractivity contribution in [3.63, 3.8) is 0 Å². The van der Waals surface area contributed by atoms with Gasteiger partial charge in [-0.25, -0.2) is 0 Å². The highest BCUT2D eigenvalue weighted by Gasteiger charge is 2.34. The fourth-order valence-electron chi connectivity index (χ4n) is 5.04. The van der Waals surface area contributed by atoms with E-state index in [0.29, 0.717) is 11.3 Å². The molecule has 4 heterocycles. The lowest BCUT2D eigenvalue weighted by Crippen LogP contribution is -2.57. The maximum absolute atomic E-state index is 12.7. The summed E-state index contributed by atoms with van der Waals surface area (Å²) in [4.78, 5) is 34.4. The minimum absolute atomic E-state index is 0.0761. The van der Waals surface area contributed by atoms with E-state index >= 15 is 0 Å². The van der Waals surface area contributed by atoms with Crippen molar-refractivity contribution >= 4 is 33.6 Å². The van der Waals surface area contributed by atoms with Crippen molar-refractivity contribution in [1.82, 2.24) is 24.4 Å². The number of hydrogen-bond donors (Lipinski definition) is 0. The molecule has 172 valence electrons. The third kappa shape index (κ3) is 3.68. The van der Waals surface area contributed by atoms with Crippen LogP contribution in [-0.2, 0) is 7.05 Å². The van der Waals surface area contributed by atoms with E-state index in [2.05, 4.69) is 62.5 Å². The number of fused-ring (bicyclic) bond motifs is 2. The van der Waals surface area contributed by atoms with E-state index < -0.39 is 0 Å². The predicted octanol–water partition coefficient (Wildman–Crippen LogP) is 4.09. The second kappa shape index (κ2) is 8.50. The van der Waals surface area contributed by atoms with Crippen molar-refractivity contribution in [3.8, 4) is 0 Å². The van der Waals surface area contributed by atoms with Crippen LogP contribution in [0.15, 0.2) is 53.6 Å². The van der Waals surface area contributed by atoms with Crippen molar-refractivity contribution in [2.45, 2.75) is 38.9 Å². The molecule has 8 nitrogen and oxygen atoms in total. The smallest absolute Gasteiger partial charge is 0.270 e. The molecule has 0 aliphatic carbocycles. The SMILES string of the molecule is [C-]#[N+]c1ccc2c(n1)c(N1C[C@@H](C)N(C(C)c3ccc4nccnc4c3)C[C@@H]1C)cc(=O)n2C. The Balaban J connectivity index is 1.48. The summed E-state index contributed by atoms with van der Waals surface area (Å²) in [6.45, 7) is 15.6. The molecule has 4 aromatic rings. The Hall–Kier alpha value is -3.83. The molecule has 8 heteroatoms. The van der Waals surface area contributed by atoms with Gasteiger partial charge in [0.2, 0.25) is 5.52 Å². The summed E-state index contributed by atoms with van der Waals surface area (Å²) in [6, 6.07) is 12.0. The van der Waals surface area contributed by atoms with Crippen LogP contribution in [0.4, 0.5) is 11.5 Å². The lowest BCUT2D eigenvalue weighted by molar-refractivity contribution is 0.119. The van der Waals surface area contributed by atoms with E-state index in [9.17, 15) is 4.79 Å². The van der Waals surface area contributed by atoms with Gasteiger partial charge in [0.05, 0.1) is 22.2 Å². The molecule has 1 unspecified atom stereocenters. The first-order chi connectivity index (χ1) is 16.4. The molecule has 0 saturated carbocycles. The summed E-state index contributed by atoms with van der Waals surface area (Å²) >= 11 is 0. The third-order valence-corrected chi connectivity index (χ3v) is 6.99. The first kappa shape index (κ1) is 22.0. The maximum Gasteiger partial charge on any atom is 0.270 e. The van der Waals surface area contributed by atoms with Gasteiger partial charge in [0.15, 0.2) is 0 Å². The Labute approximate surface area is 198 Å². The lowest BCUT2D eigenvalue weighted by atomic mass is 9.99. The summed E-state index contributed by atoms with van der Waals surface area (Å²) in [5, 5.41) is 0. The van der Waals surface area contributed by atoms with E-state index in [0.717, 1.165) is 35.3 Å². The number of aromatic nitrogens is 4. The minimum Gasteiger partial charge on any atom is -0.362 e. The van der Waals surface area contributed by atoms with Crippen LogP contribution in [-0.4, -0.2) is 49.6 Å². The second-order valence-electron chi connectivity index (χ2n) is 9.10. The highest BCUT2D eigenvalue weighted by atomic mass is 16.1. The molecule has 3 aromatic heterocycles. The molecule has 34 heavy (non-hydrogen) atoms. The maximum atomic E-state index is 12.7. The second-order valence-corrected chi connectivity index (χ2v) is 9.10. The van der Waals surface area contributed by atoms with Gasteiger partial charge in [-0.05, 0) is 50.6 Å². The molecule has 3 atom stereocenters. The molecule has 0 radical (unpaired) electrons. The molecule has 1 saturated heterocycles. The van der Waals surface area contributed by atoms with Crippen molar-refractivity contribution in [2.75, 3.05) is 18.0 Å². The first-order valence-corrected chi connectivity index (χ1v) is 11.5. The van der Waals surface area contributed by atoms with E-state index in [4.69, 9.17) is 6.57 Å². The molecule has 0 bridgehead atoms. The van der Waals surface area contributed by atoms with E-state index in [-0.39, 0.29) is 23.7 Å². The van der Waals surface area contributed by atoms with Gasteiger partial charge >= 0.3 is 0 Å². The minimum atomic E-state index is -0.0761. The van der Waals surface area contributed by atoms with Crippen LogP contribution < -0.4 is 10.5 Å². The average Bonchev–Trinajstić information content (AvgIpc) is 2.86. The molecule has 1 aliphatic rings. The topological polar surface area (TPSA) is 71.5 Å². The number of nitrogens with zero attached hydrogens (tertiary/aromatic N) is 7. The lowest BCUT2D eigenvalue weighted by Gasteiger charge is -2.47.